The Morgan fingerprint density at radius 3 is 1.12 bits per heavy atom. The molecule has 0 heterocycles. The first kappa shape index (κ1) is 29.1. The molecule has 0 fully saturated rings. The second-order valence-corrected chi connectivity index (χ2v) is 8.35. The van der Waals surface area contributed by atoms with Gasteiger partial charge >= 0.3 is 10.4 Å². The van der Waals surface area contributed by atoms with Gasteiger partial charge in [-0.05, 0) is 6.42 Å². The van der Waals surface area contributed by atoms with Gasteiger partial charge in [-0.3, -0.25) is 4.55 Å². The Morgan fingerprint density at radius 2 is 0.846 bits per heavy atom. The minimum atomic E-state index is -4.25. The zero-order valence-electron chi connectivity index (χ0n) is 17.5. The van der Waals surface area contributed by atoms with E-state index in [0.717, 1.165) is 12.8 Å². The predicted molar refractivity (Wildman–Crippen MR) is 112 cm³/mol. The molecule has 0 aromatic rings. The van der Waals surface area contributed by atoms with Crippen molar-refractivity contribution in [2.24, 2.45) is 0 Å². The molecule has 1 radical (unpaired) electrons. The molecule has 0 bridgehead atoms. The monoisotopic (exact) mass is 401 g/mol. The van der Waals surface area contributed by atoms with Crippen LogP contribution in [0.4, 0.5) is 0 Å². The third kappa shape index (κ3) is 27.1. The van der Waals surface area contributed by atoms with Crippen LogP contribution in [0, 0.1) is 0 Å². The van der Waals surface area contributed by atoms with Gasteiger partial charge in [0, 0.05) is 29.6 Å². The minimum absolute atomic E-state index is 0. The summed E-state index contributed by atoms with van der Waals surface area (Å²) in [5.74, 6) is 0. The van der Waals surface area contributed by atoms with E-state index in [1.807, 2.05) is 0 Å². The van der Waals surface area contributed by atoms with Crippen LogP contribution in [0.2, 0.25) is 0 Å². The van der Waals surface area contributed by atoms with Gasteiger partial charge in [0.1, 0.15) is 0 Å². The number of unbranched alkanes of at least 4 members (excludes halogenated alkanes) is 17. The fourth-order valence-corrected chi connectivity index (χ4v) is 3.50. The normalized spacial score (nSPS) is 11.5. The van der Waals surface area contributed by atoms with Gasteiger partial charge in [0.2, 0.25) is 0 Å². The third-order valence-electron chi connectivity index (χ3n) is 4.73. The van der Waals surface area contributed by atoms with Crippen molar-refractivity contribution in [3.8, 4) is 0 Å². The second-order valence-electron chi connectivity index (χ2n) is 7.26. The van der Waals surface area contributed by atoms with E-state index >= 15 is 0 Å². The summed E-state index contributed by atoms with van der Waals surface area (Å²) in [7, 11) is -4.25. The molecule has 4 nitrogen and oxygen atoms in total. The Kier molecular flexibility index (Phi) is 24.8. The largest absolute Gasteiger partial charge is 0.397 e. The van der Waals surface area contributed by atoms with Crippen molar-refractivity contribution in [1.29, 1.82) is 0 Å². The SMILES string of the molecule is CCCCCCCCCCCCCCCCCCCCOS(=O)(=O)O.[Na]. The van der Waals surface area contributed by atoms with Crippen molar-refractivity contribution in [3.63, 3.8) is 0 Å². The van der Waals surface area contributed by atoms with Crippen LogP contribution < -0.4 is 0 Å². The summed E-state index contributed by atoms with van der Waals surface area (Å²) in [5, 5.41) is 0. The minimum Gasteiger partial charge on any atom is -0.264 e. The van der Waals surface area contributed by atoms with Gasteiger partial charge < -0.3 is 0 Å². The average molecular weight is 402 g/mol. The molecule has 0 aliphatic carbocycles. The summed E-state index contributed by atoms with van der Waals surface area (Å²) >= 11 is 0. The Labute approximate surface area is 185 Å². The first-order valence-corrected chi connectivity index (χ1v) is 12.0. The van der Waals surface area contributed by atoms with Crippen LogP contribution in [0.15, 0.2) is 0 Å². The number of hydrogen-bond donors (Lipinski definition) is 1. The van der Waals surface area contributed by atoms with Crippen LogP contribution in [0.3, 0.4) is 0 Å². The standard InChI is InChI=1S/C20H42O4S.Na/c1-2-3-4-5-6-7-8-9-10-11-12-13-14-15-16-17-18-19-20-24-25(21,22)23;/h2-20H2,1H3,(H,21,22,23);. The van der Waals surface area contributed by atoms with Crippen LogP contribution in [0.5, 0.6) is 0 Å². The summed E-state index contributed by atoms with van der Waals surface area (Å²) in [4.78, 5) is 0. The fraction of sp³-hybridized carbons (Fsp3) is 1.00. The molecule has 0 aromatic heterocycles. The molecule has 0 atom stereocenters. The van der Waals surface area contributed by atoms with Gasteiger partial charge in [-0.2, -0.15) is 8.42 Å². The van der Waals surface area contributed by atoms with Crippen molar-refractivity contribution in [3.05, 3.63) is 0 Å². The van der Waals surface area contributed by atoms with Crippen LogP contribution in [0.25, 0.3) is 0 Å². The Bertz CT molecular complexity index is 361. The van der Waals surface area contributed by atoms with Gasteiger partial charge in [0.25, 0.3) is 0 Å². The molecule has 0 spiro atoms. The molecule has 0 amide bonds. The predicted octanol–water partition coefficient (Wildman–Crippen LogP) is 6.47. The zero-order valence-corrected chi connectivity index (χ0v) is 20.3. The molecule has 0 aliphatic rings. The molecule has 153 valence electrons. The molecule has 26 heavy (non-hydrogen) atoms. The van der Waals surface area contributed by atoms with E-state index in [1.165, 1.54) is 96.3 Å². The van der Waals surface area contributed by atoms with Crippen molar-refractivity contribution in [1.82, 2.24) is 0 Å². The first-order chi connectivity index (χ1) is 12.1. The van der Waals surface area contributed by atoms with Gasteiger partial charge in [0.15, 0.2) is 0 Å². The van der Waals surface area contributed by atoms with Crippen molar-refractivity contribution in [2.75, 3.05) is 6.61 Å². The Morgan fingerprint density at radius 1 is 0.577 bits per heavy atom. The Hall–Kier alpha value is 0.870. The maximum atomic E-state index is 10.3. The summed E-state index contributed by atoms with van der Waals surface area (Å²) in [6.45, 7) is 2.37. The summed E-state index contributed by atoms with van der Waals surface area (Å²) < 4.78 is 33.4. The molecule has 0 aliphatic heterocycles. The van der Waals surface area contributed by atoms with Crippen LogP contribution >= 0.6 is 0 Å². The van der Waals surface area contributed by atoms with Gasteiger partial charge in [0.05, 0.1) is 6.61 Å². The van der Waals surface area contributed by atoms with E-state index < -0.39 is 10.4 Å². The maximum absolute atomic E-state index is 10.3. The van der Waals surface area contributed by atoms with Crippen LogP contribution in [0.1, 0.15) is 122 Å². The van der Waals surface area contributed by atoms with Crippen molar-refractivity contribution < 1.29 is 17.2 Å². The van der Waals surface area contributed by atoms with Crippen molar-refractivity contribution >= 4 is 40.0 Å². The smallest absolute Gasteiger partial charge is 0.264 e. The quantitative estimate of drug-likeness (QED) is 0.144. The maximum Gasteiger partial charge on any atom is 0.397 e. The Balaban J connectivity index is 0. The van der Waals surface area contributed by atoms with Gasteiger partial charge in [-0.15, -0.1) is 0 Å². The van der Waals surface area contributed by atoms with E-state index in [2.05, 4.69) is 11.1 Å². The molecule has 1 N–H and O–H groups in total. The zero-order chi connectivity index (χ0) is 18.6. The molecule has 0 saturated heterocycles. The molecule has 0 aromatic carbocycles. The number of rotatable bonds is 20. The molecule has 0 saturated carbocycles. The molecule has 0 unspecified atom stereocenters. The van der Waals surface area contributed by atoms with E-state index in [1.54, 1.807) is 0 Å². The fourth-order valence-electron chi connectivity index (χ4n) is 3.17. The van der Waals surface area contributed by atoms with Crippen LogP contribution in [-0.4, -0.2) is 49.1 Å². The molecule has 6 heteroatoms. The van der Waals surface area contributed by atoms with Crippen LogP contribution in [-0.2, 0) is 14.6 Å². The second kappa shape index (κ2) is 22.2. The average Bonchev–Trinajstić information content (AvgIpc) is 2.56. The van der Waals surface area contributed by atoms with Gasteiger partial charge in [-0.1, -0.05) is 116 Å². The molecule has 0 rings (SSSR count). The van der Waals surface area contributed by atoms with Crippen molar-refractivity contribution in [2.45, 2.75) is 122 Å². The molecular weight excluding hydrogens is 359 g/mol. The summed E-state index contributed by atoms with van der Waals surface area (Å²) in [6.07, 6.45) is 23.4. The van der Waals surface area contributed by atoms with E-state index in [9.17, 15) is 8.42 Å². The third-order valence-corrected chi connectivity index (χ3v) is 5.19. The first-order valence-electron chi connectivity index (χ1n) is 10.7. The van der Waals surface area contributed by atoms with E-state index in [0.29, 0.717) is 6.42 Å². The topological polar surface area (TPSA) is 63.6 Å². The van der Waals surface area contributed by atoms with E-state index in [-0.39, 0.29) is 36.2 Å². The number of hydrogen-bond acceptors (Lipinski definition) is 3. The molecular formula is C20H42NaO4S. The van der Waals surface area contributed by atoms with E-state index in [4.69, 9.17) is 4.55 Å². The summed E-state index contributed by atoms with van der Waals surface area (Å²) in [6, 6.07) is 0. The summed E-state index contributed by atoms with van der Waals surface area (Å²) in [5.41, 5.74) is 0. The van der Waals surface area contributed by atoms with Gasteiger partial charge in [-0.25, -0.2) is 4.18 Å².